The van der Waals surface area contributed by atoms with Crippen molar-refractivity contribution in [3.63, 3.8) is 0 Å². The molecule has 1 aromatic heterocycles. The number of nitrogens with one attached hydrogen (secondary N) is 3. The number of fused-ring (bicyclic) bond motifs is 1. The Balaban J connectivity index is 0.00000387. The highest BCUT2D eigenvalue weighted by atomic mass is 32.2. The number of hydrogen-bond acceptors (Lipinski definition) is 8. The Bertz CT molecular complexity index is 1830. The fraction of sp³-hybridized carbons (Fsp3) is 0.100. The molecular weight excluding hydrogens is 542 g/mol. The first-order valence-corrected chi connectivity index (χ1v) is 13.6. The Labute approximate surface area is 238 Å². The van der Waals surface area contributed by atoms with Crippen molar-refractivity contribution in [3.05, 3.63) is 102 Å². The van der Waals surface area contributed by atoms with Crippen molar-refractivity contribution in [2.75, 3.05) is 22.5 Å². The average molecular weight is 572 g/mol. The zero-order chi connectivity index (χ0) is 28.3. The van der Waals surface area contributed by atoms with E-state index in [0.717, 1.165) is 5.56 Å². The molecule has 0 aliphatic carbocycles. The summed E-state index contributed by atoms with van der Waals surface area (Å²) in [7, 11) is -2.70. The second kappa shape index (κ2) is 11.9. The third-order valence-corrected chi connectivity index (χ3v) is 7.24. The number of carbonyl (C=O) groups is 1. The number of ether oxygens (including phenoxy) is 1. The molecule has 0 spiro atoms. The number of amides is 1. The van der Waals surface area contributed by atoms with Gasteiger partial charge < -0.3 is 20.5 Å². The molecule has 1 amide bonds. The number of phenolic OH excluding ortho intramolecular Hbond substituents is 1. The van der Waals surface area contributed by atoms with E-state index < -0.39 is 10.0 Å². The zero-order valence-electron chi connectivity index (χ0n) is 21.5. The van der Waals surface area contributed by atoms with E-state index in [9.17, 15) is 18.3 Å². The van der Waals surface area contributed by atoms with Crippen molar-refractivity contribution in [1.82, 2.24) is 9.97 Å². The van der Waals surface area contributed by atoms with Crippen LogP contribution in [0.25, 0.3) is 11.0 Å². The zero-order valence-corrected chi connectivity index (χ0v) is 22.4. The van der Waals surface area contributed by atoms with Gasteiger partial charge in [-0.1, -0.05) is 43.3 Å². The van der Waals surface area contributed by atoms with Gasteiger partial charge in [0.05, 0.1) is 23.0 Å². The third kappa shape index (κ3) is 6.71. The second-order valence-electron chi connectivity index (χ2n) is 8.91. The fourth-order valence-corrected chi connectivity index (χ4v) is 4.96. The molecule has 0 saturated heterocycles. The number of nitrogens with zero attached hydrogens (tertiary/aromatic N) is 2. The highest BCUT2D eigenvalue weighted by molar-refractivity contribution is 7.92. The number of methoxy groups -OCH3 is 1. The van der Waals surface area contributed by atoms with Crippen LogP contribution in [0.5, 0.6) is 11.5 Å². The van der Waals surface area contributed by atoms with Crippen LogP contribution in [0.4, 0.5) is 23.0 Å². The maximum atomic E-state index is 13.5. The highest BCUT2D eigenvalue weighted by Gasteiger charge is 2.20. The minimum Gasteiger partial charge on any atom is -0.508 e. The van der Waals surface area contributed by atoms with Crippen LogP contribution < -0.4 is 20.1 Å². The SMILES string of the molecule is C.COc1cc(O)cc(Nc2nc3ccccc3nc2NS(=O)(=O)c2cccc(NC(=O)c3ccc(C)cc3)c2)c1. The molecule has 210 valence electrons. The molecule has 0 saturated carbocycles. The molecule has 0 atom stereocenters. The van der Waals surface area contributed by atoms with Crippen LogP contribution in [0, 0.1) is 6.92 Å². The molecule has 0 aliphatic heterocycles. The summed E-state index contributed by atoms with van der Waals surface area (Å²) in [6.45, 7) is 1.92. The first kappa shape index (κ1) is 28.8. The van der Waals surface area contributed by atoms with Crippen LogP contribution in [-0.4, -0.2) is 36.5 Å². The van der Waals surface area contributed by atoms with Gasteiger partial charge in [0, 0.05) is 35.1 Å². The molecule has 11 heteroatoms. The number of aryl methyl sites for hydroxylation is 1. The quantitative estimate of drug-likeness (QED) is 0.175. The molecule has 41 heavy (non-hydrogen) atoms. The lowest BCUT2D eigenvalue weighted by Crippen LogP contribution is -2.17. The minimum absolute atomic E-state index is 0. The third-order valence-electron chi connectivity index (χ3n) is 5.91. The van der Waals surface area contributed by atoms with Crippen LogP contribution in [0.1, 0.15) is 23.3 Å². The van der Waals surface area contributed by atoms with Gasteiger partial charge in [-0.3, -0.25) is 9.52 Å². The largest absolute Gasteiger partial charge is 0.508 e. The Morgan fingerprint density at radius 3 is 2.20 bits per heavy atom. The number of sulfonamides is 1. The number of aromatic hydroxyl groups is 1. The summed E-state index contributed by atoms with van der Waals surface area (Å²) in [5, 5.41) is 15.8. The first-order chi connectivity index (χ1) is 19.2. The molecule has 5 rings (SSSR count). The Hall–Kier alpha value is -5.16. The van der Waals surface area contributed by atoms with Crippen LogP contribution in [0.3, 0.4) is 0 Å². The van der Waals surface area contributed by atoms with E-state index in [-0.39, 0.29) is 35.6 Å². The normalized spacial score (nSPS) is 10.9. The standard InChI is InChI=1S/C29H25N5O5S.CH4/c1-18-10-12-19(13-11-18)29(36)31-20-6-5-7-24(16-20)40(37,38)34-28-27(32-25-8-3-4-9-26(25)33-28)30-21-14-22(35)17-23(15-21)39-2;/h3-17,35H,1-2H3,(H,30,32)(H,31,36)(H,33,34);1H4. The maximum Gasteiger partial charge on any atom is 0.263 e. The maximum absolute atomic E-state index is 13.5. The lowest BCUT2D eigenvalue weighted by atomic mass is 10.1. The summed E-state index contributed by atoms with van der Waals surface area (Å²) in [5.41, 5.74) is 3.18. The molecule has 0 unspecified atom stereocenters. The summed E-state index contributed by atoms with van der Waals surface area (Å²) in [6, 6.07) is 24.4. The van der Waals surface area contributed by atoms with E-state index in [0.29, 0.717) is 33.7 Å². The number of para-hydroxylation sites is 2. The fourth-order valence-electron chi connectivity index (χ4n) is 3.90. The monoisotopic (exact) mass is 571 g/mol. The van der Waals surface area contributed by atoms with Crippen LogP contribution >= 0.6 is 0 Å². The number of aromatic nitrogens is 2. The van der Waals surface area contributed by atoms with Gasteiger partial charge in [0.2, 0.25) is 0 Å². The molecule has 4 N–H and O–H groups in total. The Morgan fingerprint density at radius 1 is 0.829 bits per heavy atom. The molecule has 0 aliphatic rings. The van der Waals surface area contributed by atoms with E-state index in [1.807, 2.05) is 19.1 Å². The van der Waals surface area contributed by atoms with Crippen LogP contribution in [0.2, 0.25) is 0 Å². The number of hydrogen-bond donors (Lipinski definition) is 4. The van der Waals surface area contributed by atoms with Crippen LogP contribution in [-0.2, 0) is 10.0 Å². The summed E-state index contributed by atoms with van der Waals surface area (Å²) in [5.74, 6) is 0.0231. The second-order valence-corrected chi connectivity index (χ2v) is 10.6. The number of carbonyl (C=O) groups excluding carboxylic acids is 1. The predicted octanol–water partition coefficient (Wildman–Crippen LogP) is 6.09. The van der Waals surface area contributed by atoms with Crippen molar-refractivity contribution in [1.29, 1.82) is 0 Å². The molecule has 0 bridgehead atoms. The van der Waals surface area contributed by atoms with E-state index in [2.05, 4.69) is 25.3 Å². The van der Waals surface area contributed by atoms with E-state index in [1.54, 1.807) is 48.5 Å². The summed E-state index contributed by atoms with van der Waals surface area (Å²) in [4.78, 5) is 21.6. The number of benzene rings is 4. The van der Waals surface area contributed by atoms with Gasteiger partial charge in [0.25, 0.3) is 15.9 Å². The van der Waals surface area contributed by atoms with E-state index in [1.165, 1.54) is 37.4 Å². The van der Waals surface area contributed by atoms with Crippen molar-refractivity contribution >= 4 is 50.0 Å². The van der Waals surface area contributed by atoms with Crippen molar-refractivity contribution in [2.45, 2.75) is 19.2 Å². The van der Waals surface area contributed by atoms with Gasteiger partial charge in [0.15, 0.2) is 11.6 Å². The van der Waals surface area contributed by atoms with E-state index >= 15 is 0 Å². The summed E-state index contributed by atoms with van der Waals surface area (Å²) < 4.78 is 34.6. The smallest absolute Gasteiger partial charge is 0.263 e. The van der Waals surface area contributed by atoms with Gasteiger partial charge >= 0.3 is 0 Å². The number of phenols is 1. The minimum atomic E-state index is -4.16. The lowest BCUT2D eigenvalue weighted by molar-refractivity contribution is 0.102. The van der Waals surface area contributed by atoms with Gasteiger partial charge in [-0.15, -0.1) is 0 Å². The number of anilines is 4. The van der Waals surface area contributed by atoms with Crippen molar-refractivity contribution in [2.24, 2.45) is 0 Å². The predicted molar refractivity (Wildman–Crippen MR) is 161 cm³/mol. The Morgan fingerprint density at radius 2 is 1.51 bits per heavy atom. The van der Waals surface area contributed by atoms with Gasteiger partial charge in [0.1, 0.15) is 11.5 Å². The summed E-state index contributed by atoms with van der Waals surface area (Å²) in [6.07, 6.45) is 0. The van der Waals surface area contributed by atoms with Crippen molar-refractivity contribution < 1.29 is 23.1 Å². The topological polar surface area (TPSA) is 143 Å². The van der Waals surface area contributed by atoms with Crippen LogP contribution in [0.15, 0.2) is 95.9 Å². The summed E-state index contributed by atoms with van der Waals surface area (Å²) >= 11 is 0. The van der Waals surface area contributed by atoms with Gasteiger partial charge in [-0.05, 0) is 49.4 Å². The molecule has 4 aromatic carbocycles. The highest BCUT2D eigenvalue weighted by Crippen LogP contribution is 2.31. The van der Waals surface area contributed by atoms with Crippen molar-refractivity contribution in [3.8, 4) is 11.5 Å². The first-order valence-electron chi connectivity index (χ1n) is 12.1. The Kier molecular flexibility index (Phi) is 8.39. The van der Waals surface area contributed by atoms with E-state index in [4.69, 9.17) is 4.74 Å². The molecule has 5 aromatic rings. The molecule has 0 radical (unpaired) electrons. The molecular formula is C30H29N5O5S. The molecule has 0 fully saturated rings. The molecule has 1 heterocycles. The average Bonchev–Trinajstić information content (AvgIpc) is 2.93. The number of rotatable bonds is 8. The van der Waals surface area contributed by atoms with Gasteiger partial charge in [-0.2, -0.15) is 0 Å². The molecule has 10 nitrogen and oxygen atoms in total. The lowest BCUT2D eigenvalue weighted by Gasteiger charge is -2.15. The van der Waals surface area contributed by atoms with Gasteiger partial charge in [-0.25, -0.2) is 18.4 Å².